The van der Waals surface area contributed by atoms with Gasteiger partial charge in [0.2, 0.25) is 0 Å². The van der Waals surface area contributed by atoms with Crippen LogP contribution in [0.25, 0.3) is 5.82 Å². The molecule has 0 amide bonds. The van der Waals surface area contributed by atoms with Gasteiger partial charge < -0.3 is 5.32 Å². The first-order chi connectivity index (χ1) is 7.86. The summed E-state index contributed by atoms with van der Waals surface area (Å²) in [4.78, 5) is 4.33. The summed E-state index contributed by atoms with van der Waals surface area (Å²) < 4.78 is 1.94. The fourth-order valence-corrected chi connectivity index (χ4v) is 2.18. The number of hydrogen-bond acceptors (Lipinski definition) is 3. The highest BCUT2D eigenvalue weighted by Crippen LogP contribution is 2.19. The Labute approximate surface area is 94.3 Å². The molecule has 0 bridgehead atoms. The van der Waals surface area contributed by atoms with E-state index in [9.17, 15) is 0 Å². The molecule has 3 heterocycles. The van der Waals surface area contributed by atoms with Gasteiger partial charge in [0.05, 0.1) is 5.69 Å². The molecule has 0 atom stereocenters. The summed E-state index contributed by atoms with van der Waals surface area (Å²) in [5.41, 5.74) is 3.76. The third-order valence-corrected chi connectivity index (χ3v) is 3.03. The van der Waals surface area contributed by atoms with Crippen molar-refractivity contribution < 1.29 is 0 Å². The van der Waals surface area contributed by atoms with E-state index in [1.807, 2.05) is 22.9 Å². The van der Waals surface area contributed by atoms with Gasteiger partial charge in [-0.3, -0.25) is 0 Å². The minimum Gasteiger partial charge on any atom is -0.311 e. The molecule has 0 aromatic carbocycles. The van der Waals surface area contributed by atoms with Crippen LogP contribution in [0.15, 0.2) is 24.4 Å². The van der Waals surface area contributed by atoms with Gasteiger partial charge >= 0.3 is 0 Å². The lowest BCUT2D eigenvalue weighted by atomic mass is 10.1. The van der Waals surface area contributed by atoms with E-state index >= 15 is 0 Å². The highest BCUT2D eigenvalue weighted by Gasteiger charge is 2.18. The Morgan fingerprint density at radius 2 is 2.31 bits per heavy atom. The first kappa shape index (κ1) is 9.54. The first-order valence-corrected chi connectivity index (χ1v) is 5.56. The van der Waals surface area contributed by atoms with Gasteiger partial charge in [0.15, 0.2) is 5.82 Å². The summed E-state index contributed by atoms with van der Waals surface area (Å²) in [5.74, 6) is 0.898. The third-order valence-electron chi connectivity index (χ3n) is 3.03. The van der Waals surface area contributed by atoms with Crippen molar-refractivity contribution in [2.75, 3.05) is 6.54 Å². The molecule has 0 saturated carbocycles. The molecule has 4 heteroatoms. The lowest BCUT2D eigenvalue weighted by molar-refractivity contribution is 0.629. The van der Waals surface area contributed by atoms with E-state index in [2.05, 4.69) is 22.3 Å². The van der Waals surface area contributed by atoms with Gasteiger partial charge in [0, 0.05) is 18.4 Å². The smallest absolute Gasteiger partial charge is 0.153 e. The van der Waals surface area contributed by atoms with Crippen LogP contribution in [0.2, 0.25) is 0 Å². The second kappa shape index (κ2) is 3.72. The minimum absolute atomic E-state index is 0.871. The Morgan fingerprint density at radius 3 is 3.06 bits per heavy atom. The number of aromatic nitrogens is 3. The third kappa shape index (κ3) is 1.42. The maximum atomic E-state index is 4.61. The topological polar surface area (TPSA) is 42.7 Å². The number of fused-ring (bicyclic) bond motifs is 1. The van der Waals surface area contributed by atoms with Crippen LogP contribution in [-0.4, -0.2) is 21.3 Å². The Kier molecular flexibility index (Phi) is 2.22. The van der Waals surface area contributed by atoms with Crippen LogP contribution in [0, 0.1) is 6.92 Å². The zero-order valence-corrected chi connectivity index (χ0v) is 9.27. The summed E-state index contributed by atoms with van der Waals surface area (Å²) in [7, 11) is 0. The minimum atomic E-state index is 0.871. The molecule has 1 aliphatic heterocycles. The van der Waals surface area contributed by atoms with Gasteiger partial charge in [0.25, 0.3) is 0 Å². The predicted molar refractivity (Wildman–Crippen MR) is 61.5 cm³/mol. The van der Waals surface area contributed by atoms with Gasteiger partial charge in [-0.1, -0.05) is 6.07 Å². The molecular weight excluding hydrogens is 200 g/mol. The normalized spacial score (nSPS) is 14.8. The monoisotopic (exact) mass is 214 g/mol. The average Bonchev–Trinajstić information content (AvgIpc) is 2.69. The van der Waals surface area contributed by atoms with E-state index in [1.165, 1.54) is 11.3 Å². The molecule has 1 aliphatic rings. The molecule has 82 valence electrons. The average molecular weight is 214 g/mol. The summed E-state index contributed by atoms with van der Waals surface area (Å²) >= 11 is 0. The summed E-state index contributed by atoms with van der Waals surface area (Å²) in [5, 5.41) is 7.95. The van der Waals surface area contributed by atoms with Crippen LogP contribution in [0.3, 0.4) is 0 Å². The van der Waals surface area contributed by atoms with Crippen LogP contribution in [0.4, 0.5) is 0 Å². The Hall–Kier alpha value is -1.68. The molecule has 0 radical (unpaired) electrons. The molecule has 4 nitrogen and oxygen atoms in total. The van der Waals surface area contributed by atoms with Gasteiger partial charge in [-0.2, -0.15) is 5.10 Å². The van der Waals surface area contributed by atoms with Crippen LogP contribution < -0.4 is 5.32 Å². The van der Waals surface area contributed by atoms with Gasteiger partial charge in [-0.25, -0.2) is 9.67 Å². The number of nitrogens with one attached hydrogen (secondary N) is 1. The Balaban J connectivity index is 2.12. The number of nitrogens with zero attached hydrogens (tertiary/aromatic N) is 3. The maximum Gasteiger partial charge on any atom is 0.153 e. The molecule has 3 rings (SSSR count). The SMILES string of the molecule is Cc1c2c(nn1-c1ccccn1)CNCC2. The van der Waals surface area contributed by atoms with E-state index < -0.39 is 0 Å². The number of rotatable bonds is 1. The largest absolute Gasteiger partial charge is 0.311 e. The Bertz CT molecular complexity index is 501. The highest BCUT2D eigenvalue weighted by atomic mass is 15.3. The zero-order valence-electron chi connectivity index (χ0n) is 9.27. The quantitative estimate of drug-likeness (QED) is 0.776. The van der Waals surface area contributed by atoms with Crippen molar-refractivity contribution in [1.82, 2.24) is 20.1 Å². The van der Waals surface area contributed by atoms with Crippen molar-refractivity contribution in [2.45, 2.75) is 19.9 Å². The lowest BCUT2D eigenvalue weighted by Crippen LogP contribution is -2.23. The molecular formula is C12H14N4. The van der Waals surface area contributed by atoms with Crippen molar-refractivity contribution in [2.24, 2.45) is 0 Å². The van der Waals surface area contributed by atoms with E-state index in [1.54, 1.807) is 6.20 Å². The first-order valence-electron chi connectivity index (χ1n) is 5.56. The maximum absolute atomic E-state index is 4.61. The van der Waals surface area contributed by atoms with Crippen LogP contribution >= 0.6 is 0 Å². The molecule has 0 saturated heterocycles. The molecule has 0 spiro atoms. The second-order valence-electron chi connectivity index (χ2n) is 4.04. The Morgan fingerprint density at radius 1 is 1.38 bits per heavy atom. The molecule has 1 N–H and O–H groups in total. The molecule has 0 aliphatic carbocycles. The lowest BCUT2D eigenvalue weighted by Gasteiger charge is -2.10. The predicted octanol–water partition coefficient (Wildman–Crippen LogP) is 1.22. The molecule has 16 heavy (non-hydrogen) atoms. The second-order valence-corrected chi connectivity index (χ2v) is 4.04. The van der Waals surface area contributed by atoms with Crippen LogP contribution in [0.1, 0.15) is 17.0 Å². The summed E-state index contributed by atoms with van der Waals surface area (Å²) in [6, 6.07) is 5.89. The summed E-state index contributed by atoms with van der Waals surface area (Å²) in [6.45, 7) is 4.03. The van der Waals surface area contributed by atoms with Crippen molar-refractivity contribution in [3.8, 4) is 5.82 Å². The number of pyridine rings is 1. The van der Waals surface area contributed by atoms with Gasteiger partial charge in [-0.05, 0) is 37.6 Å². The van der Waals surface area contributed by atoms with Gasteiger partial charge in [0.1, 0.15) is 0 Å². The molecule has 2 aromatic rings. The zero-order chi connectivity index (χ0) is 11.0. The molecule has 2 aromatic heterocycles. The van der Waals surface area contributed by atoms with Crippen LogP contribution in [-0.2, 0) is 13.0 Å². The van der Waals surface area contributed by atoms with E-state index in [0.717, 1.165) is 31.0 Å². The van der Waals surface area contributed by atoms with Crippen LogP contribution in [0.5, 0.6) is 0 Å². The fraction of sp³-hybridized carbons (Fsp3) is 0.333. The van der Waals surface area contributed by atoms with E-state index in [-0.39, 0.29) is 0 Å². The van der Waals surface area contributed by atoms with Crippen molar-refractivity contribution in [1.29, 1.82) is 0 Å². The standard InChI is InChI=1S/C12H14N4/c1-9-10-5-7-13-8-11(10)15-16(9)12-4-2-3-6-14-12/h2-4,6,13H,5,7-8H2,1H3. The van der Waals surface area contributed by atoms with Crippen molar-refractivity contribution in [3.63, 3.8) is 0 Å². The summed E-state index contributed by atoms with van der Waals surface area (Å²) in [6.07, 6.45) is 2.86. The van der Waals surface area contributed by atoms with Crippen molar-refractivity contribution in [3.05, 3.63) is 41.3 Å². The number of hydrogen-bond donors (Lipinski definition) is 1. The highest BCUT2D eigenvalue weighted by molar-refractivity contribution is 5.34. The van der Waals surface area contributed by atoms with E-state index in [4.69, 9.17) is 0 Å². The molecule has 0 fully saturated rings. The van der Waals surface area contributed by atoms with E-state index in [0.29, 0.717) is 0 Å². The molecule has 0 unspecified atom stereocenters. The van der Waals surface area contributed by atoms with Gasteiger partial charge in [-0.15, -0.1) is 0 Å². The van der Waals surface area contributed by atoms with Crippen molar-refractivity contribution >= 4 is 0 Å². The fourth-order valence-electron chi connectivity index (χ4n) is 2.18.